The maximum Gasteiger partial charge on any atom is 0.407 e. The molecule has 8 nitrogen and oxygen atoms in total. The van der Waals surface area contributed by atoms with Crippen LogP contribution in [0.2, 0.25) is 10.0 Å². The number of rotatable bonds is 7. The van der Waals surface area contributed by atoms with Gasteiger partial charge in [0.25, 0.3) is 0 Å². The lowest BCUT2D eigenvalue weighted by Crippen LogP contribution is -2.40. The van der Waals surface area contributed by atoms with Crippen molar-refractivity contribution >= 4 is 39.3 Å². The molecule has 1 aliphatic heterocycles. The zero-order chi connectivity index (χ0) is 20.0. The molecule has 1 amide bonds. The van der Waals surface area contributed by atoms with Crippen LogP contribution >= 0.6 is 23.2 Å². The number of hydrogen-bond donors (Lipinski definition) is 2. The fourth-order valence-corrected chi connectivity index (χ4v) is 4.04. The standard InChI is InChI=1S/C16H22Cl2N2O6S/c1-25-6-7-27(23,24)19-9-15-12(10-20(16(21)22)4-5-26-15)11-2-3-13(17)14(18)8-11/h2-3,8,12,15,19H,4-7,9-10H2,1H3,(H,21,22)/t12-,15+/m0/s1. The molecule has 1 aromatic carbocycles. The molecule has 11 heteroatoms. The number of halogens is 2. The molecule has 0 unspecified atom stereocenters. The molecule has 2 N–H and O–H groups in total. The van der Waals surface area contributed by atoms with Gasteiger partial charge in [0.15, 0.2) is 0 Å². The van der Waals surface area contributed by atoms with Crippen molar-refractivity contribution < 1.29 is 27.8 Å². The van der Waals surface area contributed by atoms with E-state index in [1.54, 1.807) is 18.2 Å². The summed E-state index contributed by atoms with van der Waals surface area (Å²) in [5.41, 5.74) is 0.721. The van der Waals surface area contributed by atoms with Gasteiger partial charge in [-0.1, -0.05) is 29.3 Å². The van der Waals surface area contributed by atoms with Gasteiger partial charge in [-0.3, -0.25) is 0 Å². The molecule has 1 heterocycles. The SMILES string of the molecule is COCCS(=O)(=O)NC[C@H]1OCCN(C(=O)O)C[C@H]1c1ccc(Cl)c(Cl)c1. The Morgan fingerprint density at radius 3 is 2.78 bits per heavy atom. The van der Waals surface area contributed by atoms with Gasteiger partial charge in [0.2, 0.25) is 10.0 Å². The summed E-state index contributed by atoms with van der Waals surface area (Å²) in [5, 5.41) is 10.1. The average Bonchev–Trinajstić information content (AvgIpc) is 2.83. The molecular weight excluding hydrogens is 419 g/mol. The van der Waals surface area contributed by atoms with Gasteiger partial charge in [-0.25, -0.2) is 17.9 Å². The van der Waals surface area contributed by atoms with E-state index in [-0.39, 0.29) is 38.6 Å². The predicted molar refractivity (Wildman–Crippen MR) is 102 cm³/mol. The van der Waals surface area contributed by atoms with Gasteiger partial charge in [0, 0.05) is 32.7 Å². The van der Waals surface area contributed by atoms with E-state index in [1.165, 1.54) is 12.0 Å². The molecule has 1 aliphatic rings. The third kappa shape index (κ3) is 6.48. The predicted octanol–water partition coefficient (Wildman–Crippen LogP) is 2.02. The van der Waals surface area contributed by atoms with E-state index in [4.69, 9.17) is 32.7 Å². The number of methoxy groups -OCH3 is 1. The van der Waals surface area contributed by atoms with E-state index in [0.29, 0.717) is 10.0 Å². The van der Waals surface area contributed by atoms with Crippen LogP contribution in [0, 0.1) is 0 Å². The smallest absolute Gasteiger partial charge is 0.407 e. The van der Waals surface area contributed by atoms with Crippen molar-refractivity contribution in [3.8, 4) is 0 Å². The minimum Gasteiger partial charge on any atom is -0.465 e. The maximum atomic E-state index is 12.0. The van der Waals surface area contributed by atoms with Crippen LogP contribution in [0.4, 0.5) is 4.79 Å². The number of carboxylic acid groups (broad SMARTS) is 1. The number of sulfonamides is 1. The highest BCUT2D eigenvalue weighted by molar-refractivity contribution is 7.89. The Labute approximate surface area is 168 Å². The van der Waals surface area contributed by atoms with Crippen LogP contribution in [0.25, 0.3) is 0 Å². The molecule has 0 aromatic heterocycles. The van der Waals surface area contributed by atoms with Crippen LogP contribution in [0.15, 0.2) is 18.2 Å². The molecule has 2 rings (SSSR count). The van der Waals surface area contributed by atoms with Crippen molar-refractivity contribution in [2.45, 2.75) is 12.0 Å². The Balaban J connectivity index is 2.23. The summed E-state index contributed by atoms with van der Waals surface area (Å²) >= 11 is 12.1. The number of nitrogens with zero attached hydrogens (tertiary/aromatic N) is 1. The molecular formula is C16H22Cl2N2O6S. The molecule has 27 heavy (non-hydrogen) atoms. The third-order valence-corrected chi connectivity index (χ3v) is 6.31. The molecule has 152 valence electrons. The second-order valence-corrected chi connectivity index (χ2v) is 8.82. The molecule has 0 aliphatic carbocycles. The quantitative estimate of drug-likeness (QED) is 0.671. The van der Waals surface area contributed by atoms with Crippen LogP contribution < -0.4 is 4.72 Å². The highest BCUT2D eigenvalue weighted by Gasteiger charge is 2.32. The molecule has 0 bridgehead atoms. The van der Waals surface area contributed by atoms with Crippen molar-refractivity contribution in [3.05, 3.63) is 33.8 Å². The summed E-state index contributed by atoms with van der Waals surface area (Å²) in [6, 6.07) is 5.00. The Bertz CT molecular complexity index is 761. The van der Waals surface area contributed by atoms with Gasteiger partial charge in [0.05, 0.1) is 35.1 Å². The highest BCUT2D eigenvalue weighted by Crippen LogP contribution is 2.31. The van der Waals surface area contributed by atoms with Crippen molar-refractivity contribution in [1.29, 1.82) is 0 Å². The summed E-state index contributed by atoms with van der Waals surface area (Å²) in [6.45, 7) is 0.584. The number of ether oxygens (including phenoxy) is 2. The number of carbonyl (C=O) groups is 1. The minimum absolute atomic E-state index is 0.00438. The summed E-state index contributed by atoms with van der Waals surface area (Å²) in [4.78, 5) is 12.7. The number of hydrogen-bond acceptors (Lipinski definition) is 5. The summed E-state index contributed by atoms with van der Waals surface area (Å²) in [6.07, 6.45) is -1.63. The fraction of sp³-hybridized carbons (Fsp3) is 0.562. The largest absolute Gasteiger partial charge is 0.465 e. The van der Waals surface area contributed by atoms with E-state index in [1.807, 2.05) is 0 Å². The van der Waals surface area contributed by atoms with Crippen LogP contribution in [0.1, 0.15) is 11.5 Å². The van der Waals surface area contributed by atoms with E-state index >= 15 is 0 Å². The van der Waals surface area contributed by atoms with Crippen molar-refractivity contribution in [2.75, 3.05) is 45.7 Å². The molecule has 0 saturated carbocycles. The minimum atomic E-state index is -3.54. The molecule has 1 saturated heterocycles. The van der Waals surface area contributed by atoms with Crippen LogP contribution in [0.5, 0.6) is 0 Å². The number of amides is 1. The number of benzene rings is 1. The van der Waals surface area contributed by atoms with Crippen molar-refractivity contribution in [3.63, 3.8) is 0 Å². The van der Waals surface area contributed by atoms with E-state index in [2.05, 4.69) is 4.72 Å². The summed E-state index contributed by atoms with van der Waals surface area (Å²) in [7, 11) is -2.12. The molecule has 2 atom stereocenters. The topological polar surface area (TPSA) is 105 Å². The van der Waals surface area contributed by atoms with Gasteiger partial charge < -0.3 is 19.5 Å². The molecule has 1 aromatic rings. The van der Waals surface area contributed by atoms with Gasteiger partial charge in [-0.2, -0.15) is 0 Å². The van der Waals surface area contributed by atoms with Gasteiger partial charge in [-0.05, 0) is 17.7 Å². The molecule has 0 spiro atoms. The Hall–Kier alpha value is -1.10. The summed E-state index contributed by atoms with van der Waals surface area (Å²) in [5.74, 6) is -0.585. The zero-order valence-electron chi connectivity index (χ0n) is 14.7. The lowest BCUT2D eigenvalue weighted by atomic mass is 9.93. The first-order chi connectivity index (χ1) is 12.7. The third-order valence-electron chi connectivity index (χ3n) is 4.26. The zero-order valence-corrected chi connectivity index (χ0v) is 17.1. The van der Waals surface area contributed by atoms with Crippen molar-refractivity contribution in [1.82, 2.24) is 9.62 Å². The van der Waals surface area contributed by atoms with Crippen LogP contribution in [-0.4, -0.2) is 76.3 Å². The highest BCUT2D eigenvalue weighted by atomic mass is 35.5. The lowest BCUT2D eigenvalue weighted by molar-refractivity contribution is 0.0547. The summed E-state index contributed by atoms with van der Waals surface area (Å²) < 4.78 is 37.2. The normalized spacial score (nSPS) is 21.1. The lowest BCUT2D eigenvalue weighted by Gasteiger charge is -2.27. The Morgan fingerprint density at radius 1 is 1.41 bits per heavy atom. The molecule has 0 radical (unpaired) electrons. The first-order valence-electron chi connectivity index (χ1n) is 8.24. The van der Waals surface area contributed by atoms with E-state index in [0.717, 1.165) is 5.56 Å². The fourth-order valence-electron chi connectivity index (χ4n) is 2.79. The van der Waals surface area contributed by atoms with Crippen LogP contribution in [0.3, 0.4) is 0 Å². The first kappa shape index (κ1) is 22.2. The average molecular weight is 441 g/mol. The maximum absolute atomic E-state index is 12.0. The Kier molecular flexibility index (Phi) is 8.14. The monoisotopic (exact) mass is 440 g/mol. The van der Waals surface area contributed by atoms with Crippen molar-refractivity contribution in [2.24, 2.45) is 0 Å². The Morgan fingerprint density at radius 2 is 2.15 bits per heavy atom. The molecule has 1 fully saturated rings. The van der Waals surface area contributed by atoms with E-state index in [9.17, 15) is 18.3 Å². The second kappa shape index (κ2) is 9.90. The van der Waals surface area contributed by atoms with E-state index < -0.39 is 28.1 Å². The number of nitrogens with one attached hydrogen (secondary N) is 1. The van der Waals surface area contributed by atoms with Gasteiger partial charge in [0.1, 0.15) is 0 Å². The van der Waals surface area contributed by atoms with Gasteiger partial charge >= 0.3 is 6.09 Å². The van der Waals surface area contributed by atoms with Crippen LogP contribution in [-0.2, 0) is 19.5 Å². The first-order valence-corrected chi connectivity index (χ1v) is 10.6. The second-order valence-electron chi connectivity index (χ2n) is 6.08. The van der Waals surface area contributed by atoms with Gasteiger partial charge in [-0.15, -0.1) is 0 Å².